The highest BCUT2D eigenvalue weighted by Crippen LogP contribution is 2.37. The van der Waals surface area contributed by atoms with Crippen LogP contribution in [0.1, 0.15) is 0 Å². The van der Waals surface area contributed by atoms with Crippen molar-refractivity contribution in [1.29, 1.82) is 0 Å². The van der Waals surface area contributed by atoms with Crippen LogP contribution in [0.5, 0.6) is 11.5 Å². The molecule has 0 saturated carbocycles. The van der Waals surface area contributed by atoms with Gasteiger partial charge in [0.15, 0.2) is 5.65 Å². The molecular weight excluding hydrogens is 290 g/mol. The third-order valence-corrected chi connectivity index (χ3v) is 3.74. The van der Waals surface area contributed by atoms with Crippen molar-refractivity contribution in [1.82, 2.24) is 14.6 Å². The summed E-state index contributed by atoms with van der Waals surface area (Å²) in [6.07, 6.45) is 3.44. The van der Waals surface area contributed by atoms with Crippen LogP contribution in [-0.2, 0) is 0 Å². The topological polar surface area (TPSA) is 70.7 Å². The Hall–Kier alpha value is -3.34. The van der Waals surface area contributed by atoms with Crippen LogP contribution in [0.2, 0.25) is 0 Å². The molecule has 2 N–H and O–H groups in total. The van der Waals surface area contributed by atoms with Crippen LogP contribution in [0.4, 0.5) is 0 Å². The van der Waals surface area contributed by atoms with Gasteiger partial charge in [-0.2, -0.15) is 5.10 Å². The highest BCUT2D eigenvalue weighted by atomic mass is 16.3. The third kappa shape index (κ3) is 2.19. The van der Waals surface area contributed by atoms with Gasteiger partial charge in [-0.25, -0.2) is 9.50 Å². The van der Waals surface area contributed by atoms with E-state index >= 15 is 0 Å². The lowest BCUT2D eigenvalue weighted by Crippen LogP contribution is -1.99. The first kappa shape index (κ1) is 13.3. The van der Waals surface area contributed by atoms with Crippen molar-refractivity contribution in [2.24, 2.45) is 0 Å². The lowest BCUT2D eigenvalue weighted by Gasteiger charge is -2.13. The van der Waals surface area contributed by atoms with Gasteiger partial charge >= 0.3 is 0 Å². The number of fused-ring (bicyclic) bond motifs is 1. The summed E-state index contributed by atoms with van der Waals surface area (Å²) in [5, 5.41) is 24.2. The van der Waals surface area contributed by atoms with Crippen molar-refractivity contribution in [3.63, 3.8) is 0 Å². The first-order chi connectivity index (χ1) is 11.2. The number of aromatic hydroxyl groups is 2. The lowest BCUT2D eigenvalue weighted by molar-refractivity contribution is 0.451. The van der Waals surface area contributed by atoms with Gasteiger partial charge in [-0.05, 0) is 17.7 Å². The zero-order chi connectivity index (χ0) is 15.8. The molecule has 0 radical (unpaired) electrons. The highest BCUT2D eigenvalue weighted by molar-refractivity contribution is 5.84. The number of nitrogens with zero attached hydrogens (tertiary/aromatic N) is 3. The number of phenols is 2. The van der Waals surface area contributed by atoms with Gasteiger partial charge in [0.1, 0.15) is 11.5 Å². The van der Waals surface area contributed by atoms with Crippen LogP contribution in [-0.4, -0.2) is 24.8 Å². The zero-order valence-electron chi connectivity index (χ0n) is 12.1. The Morgan fingerprint density at radius 2 is 1.70 bits per heavy atom. The molecule has 0 bridgehead atoms. The first-order valence-corrected chi connectivity index (χ1v) is 7.14. The van der Waals surface area contributed by atoms with Gasteiger partial charge in [-0.1, -0.05) is 30.3 Å². The molecule has 4 aromatic rings. The molecule has 0 aliphatic rings. The highest BCUT2D eigenvalue weighted by Gasteiger charge is 2.16. The SMILES string of the molecule is Oc1ccc(-c2c(-c3ccccc3)cnc3ccnn23)c(O)c1. The summed E-state index contributed by atoms with van der Waals surface area (Å²) in [6.45, 7) is 0. The van der Waals surface area contributed by atoms with Gasteiger partial charge in [-0.3, -0.25) is 0 Å². The number of rotatable bonds is 2. The second-order valence-electron chi connectivity index (χ2n) is 5.19. The molecule has 0 saturated heterocycles. The fraction of sp³-hybridized carbons (Fsp3) is 0. The predicted molar refractivity (Wildman–Crippen MR) is 87.2 cm³/mol. The summed E-state index contributed by atoms with van der Waals surface area (Å²) in [5.41, 5.74) is 3.82. The van der Waals surface area contributed by atoms with Crippen LogP contribution >= 0.6 is 0 Å². The minimum Gasteiger partial charge on any atom is -0.508 e. The normalized spacial score (nSPS) is 11.0. The molecule has 2 aromatic heterocycles. The average Bonchev–Trinajstić information content (AvgIpc) is 3.04. The van der Waals surface area contributed by atoms with Crippen LogP contribution in [0.3, 0.4) is 0 Å². The van der Waals surface area contributed by atoms with Crippen LogP contribution in [0.25, 0.3) is 28.0 Å². The number of hydrogen-bond acceptors (Lipinski definition) is 4. The number of phenolic OH excluding ortho intramolecular Hbond substituents is 2. The summed E-state index contributed by atoms with van der Waals surface area (Å²) in [4.78, 5) is 4.42. The summed E-state index contributed by atoms with van der Waals surface area (Å²) in [6, 6.07) is 16.1. The maximum Gasteiger partial charge on any atom is 0.155 e. The van der Waals surface area contributed by atoms with Crippen molar-refractivity contribution >= 4 is 5.65 Å². The predicted octanol–water partition coefficient (Wildman–Crippen LogP) is 3.47. The Bertz CT molecular complexity index is 994. The van der Waals surface area contributed by atoms with Crippen molar-refractivity contribution in [3.8, 4) is 33.9 Å². The average molecular weight is 303 g/mol. The number of hydrogen-bond donors (Lipinski definition) is 2. The third-order valence-electron chi connectivity index (χ3n) is 3.74. The molecule has 4 rings (SSSR count). The summed E-state index contributed by atoms with van der Waals surface area (Å²) in [5.74, 6) is 0.00320. The Morgan fingerprint density at radius 3 is 2.48 bits per heavy atom. The maximum atomic E-state index is 10.3. The van der Waals surface area contributed by atoms with Gasteiger partial charge in [0.2, 0.25) is 0 Å². The molecule has 23 heavy (non-hydrogen) atoms. The van der Waals surface area contributed by atoms with Crippen molar-refractivity contribution in [2.45, 2.75) is 0 Å². The standard InChI is InChI=1S/C18H13N3O2/c22-13-6-7-14(16(23)10-13)18-15(12-4-2-1-3-5-12)11-19-17-8-9-20-21(17)18/h1-11,22-23H. The molecule has 0 aliphatic heterocycles. The van der Waals surface area contributed by atoms with E-state index in [1.54, 1.807) is 35.1 Å². The number of aromatic nitrogens is 3. The largest absolute Gasteiger partial charge is 0.508 e. The van der Waals surface area contributed by atoms with Crippen LogP contribution in [0.15, 0.2) is 67.0 Å². The van der Waals surface area contributed by atoms with Gasteiger partial charge in [-0.15, -0.1) is 0 Å². The van der Waals surface area contributed by atoms with E-state index in [1.165, 1.54) is 6.07 Å². The lowest BCUT2D eigenvalue weighted by atomic mass is 10.00. The molecule has 0 spiro atoms. The molecule has 112 valence electrons. The summed E-state index contributed by atoms with van der Waals surface area (Å²) in [7, 11) is 0. The van der Waals surface area contributed by atoms with Crippen molar-refractivity contribution in [2.75, 3.05) is 0 Å². The molecule has 5 nitrogen and oxygen atoms in total. The summed E-state index contributed by atoms with van der Waals surface area (Å²) < 4.78 is 1.69. The molecule has 5 heteroatoms. The maximum absolute atomic E-state index is 10.3. The van der Waals surface area contributed by atoms with Gasteiger partial charge in [0.05, 0.1) is 11.9 Å². The van der Waals surface area contributed by atoms with Gasteiger partial charge in [0.25, 0.3) is 0 Å². The van der Waals surface area contributed by atoms with Crippen LogP contribution < -0.4 is 0 Å². The van der Waals surface area contributed by atoms with Gasteiger partial charge in [0, 0.05) is 29.5 Å². The monoisotopic (exact) mass is 303 g/mol. The molecular formula is C18H13N3O2. The Morgan fingerprint density at radius 1 is 0.870 bits per heavy atom. The second kappa shape index (κ2) is 5.14. The molecule has 0 atom stereocenters. The van der Waals surface area contributed by atoms with Crippen molar-refractivity contribution in [3.05, 3.63) is 67.0 Å². The molecule has 0 aliphatic carbocycles. The fourth-order valence-corrected chi connectivity index (χ4v) is 2.68. The quantitative estimate of drug-likeness (QED) is 0.595. The zero-order valence-corrected chi connectivity index (χ0v) is 12.1. The van der Waals surface area contributed by atoms with E-state index < -0.39 is 0 Å². The van der Waals surface area contributed by atoms with E-state index in [1.807, 2.05) is 30.3 Å². The van der Waals surface area contributed by atoms with E-state index in [0.717, 1.165) is 16.8 Å². The molecule has 2 heterocycles. The Balaban J connectivity index is 2.08. The van der Waals surface area contributed by atoms with E-state index in [0.29, 0.717) is 11.2 Å². The molecule has 0 amide bonds. The van der Waals surface area contributed by atoms with E-state index in [4.69, 9.17) is 0 Å². The van der Waals surface area contributed by atoms with Gasteiger partial charge < -0.3 is 10.2 Å². The Kier molecular flexibility index (Phi) is 2.98. The van der Waals surface area contributed by atoms with E-state index in [-0.39, 0.29) is 11.5 Å². The molecule has 2 aromatic carbocycles. The Labute approximate surface area is 132 Å². The first-order valence-electron chi connectivity index (χ1n) is 7.14. The number of benzene rings is 2. The molecule has 0 fully saturated rings. The second-order valence-corrected chi connectivity index (χ2v) is 5.19. The summed E-state index contributed by atoms with van der Waals surface area (Å²) >= 11 is 0. The van der Waals surface area contributed by atoms with E-state index in [2.05, 4.69) is 10.1 Å². The minimum absolute atomic E-state index is 0.00909. The fourth-order valence-electron chi connectivity index (χ4n) is 2.68. The van der Waals surface area contributed by atoms with E-state index in [9.17, 15) is 10.2 Å². The smallest absolute Gasteiger partial charge is 0.155 e. The van der Waals surface area contributed by atoms with Crippen LogP contribution in [0, 0.1) is 0 Å². The molecule has 0 unspecified atom stereocenters. The van der Waals surface area contributed by atoms with Crippen molar-refractivity contribution < 1.29 is 10.2 Å². The minimum atomic E-state index is -0.00909.